The first-order chi connectivity index (χ1) is 12.4. The van der Waals surface area contributed by atoms with E-state index < -0.39 is 11.6 Å². The summed E-state index contributed by atoms with van der Waals surface area (Å²) in [5, 5.41) is 3.21. The number of likely N-dealkylation sites (tertiary alicyclic amines) is 1. The van der Waals surface area contributed by atoms with Crippen molar-refractivity contribution in [2.45, 2.75) is 26.2 Å². The Balaban J connectivity index is 1.67. The predicted molar refractivity (Wildman–Crippen MR) is 98.4 cm³/mol. The number of carbonyl (C=O) groups excluding carboxylic acids is 1. The highest BCUT2D eigenvalue weighted by Crippen LogP contribution is 2.25. The van der Waals surface area contributed by atoms with Crippen LogP contribution >= 0.6 is 23.1 Å². The fourth-order valence-corrected chi connectivity index (χ4v) is 3.53. The van der Waals surface area contributed by atoms with E-state index in [0.717, 1.165) is 29.2 Å². The molecule has 26 heavy (non-hydrogen) atoms. The molecule has 0 atom stereocenters. The number of carbonyl (C=O) groups is 1. The van der Waals surface area contributed by atoms with Crippen molar-refractivity contribution in [2.75, 3.05) is 18.4 Å². The van der Waals surface area contributed by atoms with E-state index >= 15 is 0 Å². The summed E-state index contributed by atoms with van der Waals surface area (Å²) in [6.07, 6.45) is 3.45. The molecule has 0 bridgehead atoms. The third-order valence-corrected chi connectivity index (χ3v) is 4.99. The summed E-state index contributed by atoms with van der Waals surface area (Å²) >= 11 is 6.78. The van der Waals surface area contributed by atoms with E-state index in [0.29, 0.717) is 43.3 Å². The Morgan fingerprint density at radius 3 is 2.69 bits per heavy atom. The lowest BCUT2D eigenvalue weighted by atomic mass is 10.0. The zero-order chi connectivity index (χ0) is 18.7. The van der Waals surface area contributed by atoms with E-state index in [-0.39, 0.29) is 16.6 Å². The summed E-state index contributed by atoms with van der Waals surface area (Å²) in [5.41, 5.74) is 0.804. The number of aryl methyl sites for hydroxylation is 1. The maximum atomic E-state index is 14.0. The fraction of sp³-hybridized carbons (Fsp3) is 0.353. The first-order valence-electron chi connectivity index (χ1n) is 8.12. The Labute approximate surface area is 158 Å². The molecule has 1 aliphatic rings. The molecule has 1 saturated heterocycles. The predicted octanol–water partition coefficient (Wildman–Crippen LogP) is 4.88. The number of urea groups is 1. The summed E-state index contributed by atoms with van der Waals surface area (Å²) in [6, 6.07) is 1.95. The summed E-state index contributed by atoms with van der Waals surface area (Å²) < 4.78 is 31.9. The van der Waals surface area contributed by atoms with Gasteiger partial charge in [0.1, 0.15) is 17.5 Å². The van der Waals surface area contributed by atoms with Gasteiger partial charge in [0, 0.05) is 35.2 Å². The van der Waals surface area contributed by atoms with Gasteiger partial charge < -0.3 is 4.90 Å². The summed E-state index contributed by atoms with van der Waals surface area (Å²) in [5.74, 6) is -0.764. The standard InChI is InChI=1S/C17H17ClF2N4OS/c1-10-21-16(26-23-10)22-17(25)24-5-2-3-11(4-6-24)7-13-14(19)8-12(18)9-15(13)20/h7-9H,2-6H2,1H3,(H,21,22,23,25). The number of aromatic nitrogens is 2. The molecule has 2 amide bonds. The second kappa shape index (κ2) is 8.09. The molecule has 138 valence electrons. The molecule has 1 aromatic heterocycles. The number of halogens is 3. The Morgan fingerprint density at radius 1 is 1.31 bits per heavy atom. The molecule has 2 aromatic rings. The van der Waals surface area contributed by atoms with Crippen molar-refractivity contribution in [3.63, 3.8) is 0 Å². The van der Waals surface area contributed by atoms with Crippen molar-refractivity contribution in [2.24, 2.45) is 0 Å². The zero-order valence-electron chi connectivity index (χ0n) is 14.1. The van der Waals surface area contributed by atoms with Crippen molar-refractivity contribution in [3.05, 3.63) is 45.8 Å². The molecule has 3 rings (SSSR count). The minimum Gasteiger partial charge on any atom is -0.324 e. The van der Waals surface area contributed by atoms with E-state index in [1.165, 1.54) is 6.08 Å². The first-order valence-corrected chi connectivity index (χ1v) is 9.28. The molecule has 0 aliphatic carbocycles. The minimum absolute atomic E-state index is 0.0257. The van der Waals surface area contributed by atoms with Crippen LogP contribution < -0.4 is 5.32 Å². The second-order valence-electron chi connectivity index (χ2n) is 6.00. The molecule has 0 radical (unpaired) electrons. The lowest BCUT2D eigenvalue weighted by Crippen LogP contribution is -2.35. The van der Waals surface area contributed by atoms with Crippen LogP contribution in [0.4, 0.5) is 18.7 Å². The maximum Gasteiger partial charge on any atom is 0.323 e. The molecule has 1 aromatic carbocycles. The van der Waals surface area contributed by atoms with Crippen molar-refractivity contribution in [1.82, 2.24) is 14.3 Å². The van der Waals surface area contributed by atoms with Crippen molar-refractivity contribution in [3.8, 4) is 0 Å². The number of hydrogen-bond donors (Lipinski definition) is 1. The van der Waals surface area contributed by atoms with Crippen LogP contribution in [0.1, 0.15) is 30.7 Å². The van der Waals surface area contributed by atoms with Gasteiger partial charge in [-0.05, 0) is 44.4 Å². The van der Waals surface area contributed by atoms with Gasteiger partial charge >= 0.3 is 6.03 Å². The monoisotopic (exact) mass is 398 g/mol. The number of hydrogen-bond acceptors (Lipinski definition) is 4. The minimum atomic E-state index is -0.687. The normalized spacial score (nSPS) is 16.6. The lowest BCUT2D eigenvalue weighted by Gasteiger charge is -2.19. The van der Waals surface area contributed by atoms with Crippen LogP contribution in [0.5, 0.6) is 0 Å². The average Bonchev–Trinajstić information content (AvgIpc) is 2.83. The molecular weight excluding hydrogens is 382 g/mol. The van der Waals surface area contributed by atoms with E-state index in [1.54, 1.807) is 11.8 Å². The number of rotatable bonds is 2. The van der Waals surface area contributed by atoms with Gasteiger partial charge in [0.05, 0.1) is 0 Å². The molecule has 0 spiro atoms. The van der Waals surface area contributed by atoms with Gasteiger partial charge in [-0.2, -0.15) is 4.37 Å². The van der Waals surface area contributed by atoms with Gasteiger partial charge in [-0.3, -0.25) is 5.32 Å². The van der Waals surface area contributed by atoms with Gasteiger partial charge in [-0.1, -0.05) is 17.2 Å². The van der Waals surface area contributed by atoms with Crippen molar-refractivity contribution < 1.29 is 13.6 Å². The molecule has 1 aliphatic heterocycles. The van der Waals surface area contributed by atoms with Gasteiger partial charge in [0.2, 0.25) is 5.13 Å². The van der Waals surface area contributed by atoms with E-state index in [1.807, 2.05) is 0 Å². The smallest absolute Gasteiger partial charge is 0.323 e. The Morgan fingerprint density at radius 2 is 2.04 bits per heavy atom. The first kappa shape index (κ1) is 18.7. The summed E-state index contributed by atoms with van der Waals surface area (Å²) in [4.78, 5) is 18.1. The van der Waals surface area contributed by atoms with Crippen LogP contribution in [0.15, 0.2) is 17.7 Å². The summed E-state index contributed by atoms with van der Waals surface area (Å²) in [7, 11) is 0. The van der Waals surface area contributed by atoms with Crippen LogP contribution in [-0.4, -0.2) is 33.4 Å². The number of nitrogens with one attached hydrogen (secondary N) is 1. The Bertz CT molecular complexity index is 832. The maximum absolute atomic E-state index is 14.0. The highest BCUT2D eigenvalue weighted by Gasteiger charge is 2.19. The van der Waals surface area contributed by atoms with Crippen LogP contribution in [0.3, 0.4) is 0 Å². The lowest BCUT2D eigenvalue weighted by molar-refractivity contribution is 0.214. The highest BCUT2D eigenvalue weighted by molar-refractivity contribution is 7.09. The van der Waals surface area contributed by atoms with Crippen LogP contribution in [0.2, 0.25) is 5.02 Å². The molecule has 0 saturated carbocycles. The number of benzene rings is 1. The fourth-order valence-electron chi connectivity index (χ4n) is 2.77. The SMILES string of the molecule is Cc1nsc(NC(=O)N2CCCC(=Cc3c(F)cc(Cl)cc3F)CC2)n1. The van der Waals surface area contributed by atoms with E-state index in [9.17, 15) is 13.6 Å². The molecule has 5 nitrogen and oxygen atoms in total. The van der Waals surface area contributed by atoms with Crippen molar-refractivity contribution >= 4 is 40.4 Å². The van der Waals surface area contributed by atoms with Gasteiger partial charge in [0.15, 0.2) is 0 Å². The molecular formula is C17H17ClF2N4OS. The second-order valence-corrected chi connectivity index (χ2v) is 7.19. The van der Waals surface area contributed by atoms with E-state index in [4.69, 9.17) is 11.6 Å². The average molecular weight is 399 g/mol. The quantitative estimate of drug-likeness (QED) is 0.784. The molecule has 9 heteroatoms. The van der Waals surface area contributed by atoms with Gasteiger partial charge in [-0.25, -0.2) is 18.6 Å². The highest BCUT2D eigenvalue weighted by atomic mass is 35.5. The number of anilines is 1. The third-order valence-electron chi connectivity index (χ3n) is 4.05. The van der Waals surface area contributed by atoms with Crippen LogP contribution in [-0.2, 0) is 0 Å². The number of amides is 2. The van der Waals surface area contributed by atoms with Gasteiger partial charge in [-0.15, -0.1) is 0 Å². The zero-order valence-corrected chi connectivity index (χ0v) is 15.6. The van der Waals surface area contributed by atoms with E-state index in [2.05, 4.69) is 14.7 Å². The van der Waals surface area contributed by atoms with Crippen LogP contribution in [0.25, 0.3) is 6.08 Å². The molecule has 1 fully saturated rings. The molecule has 0 unspecified atom stereocenters. The van der Waals surface area contributed by atoms with Crippen LogP contribution in [0, 0.1) is 18.6 Å². The Hall–Kier alpha value is -2.06. The summed E-state index contributed by atoms with van der Waals surface area (Å²) in [6.45, 7) is 2.78. The van der Waals surface area contributed by atoms with Gasteiger partial charge in [0.25, 0.3) is 0 Å². The Kier molecular flexibility index (Phi) is 5.83. The third kappa shape index (κ3) is 4.56. The number of nitrogens with zero attached hydrogens (tertiary/aromatic N) is 3. The molecule has 2 heterocycles. The molecule has 1 N–H and O–H groups in total. The largest absolute Gasteiger partial charge is 0.324 e. The topological polar surface area (TPSA) is 58.1 Å². The van der Waals surface area contributed by atoms with Crippen molar-refractivity contribution in [1.29, 1.82) is 0 Å².